The normalized spacial score (nSPS) is 22.4. The Morgan fingerprint density at radius 2 is 2.50 bits per heavy atom. The molecule has 2 aromatic rings. The molecule has 0 saturated carbocycles. The van der Waals surface area contributed by atoms with Gasteiger partial charge in [-0.2, -0.15) is 5.10 Å². The molecular formula is C14H20N4OS. The van der Waals surface area contributed by atoms with Crippen LogP contribution in [0.25, 0.3) is 0 Å². The summed E-state index contributed by atoms with van der Waals surface area (Å²) in [4.78, 5) is 4.28. The molecule has 0 spiro atoms. The van der Waals surface area contributed by atoms with Crippen molar-refractivity contribution in [3.05, 3.63) is 34.5 Å². The Morgan fingerprint density at radius 3 is 3.25 bits per heavy atom. The first-order valence-electron chi connectivity index (χ1n) is 7.08. The number of hydrogen-bond donors (Lipinski definition) is 1. The van der Waals surface area contributed by atoms with Crippen molar-refractivity contribution in [2.75, 3.05) is 13.2 Å². The summed E-state index contributed by atoms with van der Waals surface area (Å²) in [5.74, 6) is 0.517. The molecule has 0 radical (unpaired) electrons. The van der Waals surface area contributed by atoms with Crippen LogP contribution in [0.15, 0.2) is 23.3 Å². The third-order valence-electron chi connectivity index (χ3n) is 3.72. The van der Waals surface area contributed by atoms with E-state index in [1.54, 1.807) is 11.3 Å². The Labute approximate surface area is 123 Å². The second-order valence-corrected chi connectivity index (χ2v) is 5.80. The molecule has 1 fully saturated rings. The molecule has 0 unspecified atom stereocenters. The first kappa shape index (κ1) is 13.7. The molecule has 1 saturated heterocycles. The molecule has 3 heterocycles. The highest BCUT2D eigenvalue weighted by Crippen LogP contribution is 2.33. The highest BCUT2D eigenvalue weighted by Gasteiger charge is 2.30. The van der Waals surface area contributed by atoms with Crippen LogP contribution in [-0.2, 0) is 17.8 Å². The standard InChI is InChI=1S/C14H20N4OS/c1-2-18-8-12(6-17-18)14-11(3-4-19-14)5-15-7-13-9-20-10-16-13/h6,8-11,14-15H,2-5,7H2,1H3/t11-,14-/m1/s1. The zero-order valence-electron chi connectivity index (χ0n) is 11.7. The van der Waals surface area contributed by atoms with Gasteiger partial charge in [-0.05, 0) is 13.3 Å². The van der Waals surface area contributed by atoms with E-state index in [9.17, 15) is 0 Å². The molecule has 1 N–H and O–H groups in total. The van der Waals surface area contributed by atoms with Crippen molar-refractivity contribution in [2.45, 2.75) is 32.5 Å². The number of nitrogens with zero attached hydrogens (tertiary/aromatic N) is 3. The summed E-state index contributed by atoms with van der Waals surface area (Å²) >= 11 is 1.64. The largest absolute Gasteiger partial charge is 0.373 e. The zero-order valence-corrected chi connectivity index (χ0v) is 12.5. The minimum Gasteiger partial charge on any atom is -0.373 e. The van der Waals surface area contributed by atoms with Gasteiger partial charge in [0.05, 0.1) is 23.5 Å². The smallest absolute Gasteiger partial charge is 0.0896 e. The molecule has 5 nitrogen and oxygen atoms in total. The Hall–Kier alpha value is -1.24. The van der Waals surface area contributed by atoms with Gasteiger partial charge >= 0.3 is 0 Å². The van der Waals surface area contributed by atoms with Crippen LogP contribution in [0, 0.1) is 5.92 Å². The summed E-state index contributed by atoms with van der Waals surface area (Å²) < 4.78 is 7.85. The number of aromatic nitrogens is 3. The van der Waals surface area contributed by atoms with Gasteiger partial charge in [0, 0.05) is 49.3 Å². The van der Waals surface area contributed by atoms with Gasteiger partial charge in [0.25, 0.3) is 0 Å². The molecule has 0 aromatic carbocycles. The lowest BCUT2D eigenvalue weighted by Gasteiger charge is -2.17. The van der Waals surface area contributed by atoms with Crippen molar-refractivity contribution in [1.82, 2.24) is 20.1 Å². The van der Waals surface area contributed by atoms with Gasteiger partial charge in [-0.3, -0.25) is 4.68 Å². The number of nitrogens with one attached hydrogen (secondary N) is 1. The van der Waals surface area contributed by atoms with Crippen LogP contribution in [0.1, 0.15) is 30.7 Å². The van der Waals surface area contributed by atoms with E-state index in [0.29, 0.717) is 5.92 Å². The zero-order chi connectivity index (χ0) is 13.8. The van der Waals surface area contributed by atoms with E-state index < -0.39 is 0 Å². The number of hydrogen-bond acceptors (Lipinski definition) is 5. The van der Waals surface area contributed by atoms with Crippen LogP contribution in [0.3, 0.4) is 0 Å². The molecule has 1 aliphatic rings. The van der Waals surface area contributed by atoms with E-state index in [0.717, 1.165) is 38.4 Å². The summed E-state index contributed by atoms with van der Waals surface area (Å²) in [6, 6.07) is 0. The fraction of sp³-hybridized carbons (Fsp3) is 0.571. The van der Waals surface area contributed by atoms with Crippen molar-refractivity contribution in [3.8, 4) is 0 Å². The van der Waals surface area contributed by atoms with Gasteiger partial charge < -0.3 is 10.1 Å². The number of ether oxygens (including phenoxy) is 1. The maximum Gasteiger partial charge on any atom is 0.0896 e. The van der Waals surface area contributed by atoms with Gasteiger partial charge in [-0.1, -0.05) is 0 Å². The second kappa shape index (κ2) is 6.47. The Bertz CT molecular complexity index is 525. The van der Waals surface area contributed by atoms with Crippen molar-refractivity contribution in [1.29, 1.82) is 0 Å². The molecule has 108 valence electrons. The van der Waals surface area contributed by atoms with Gasteiger partial charge in [0.2, 0.25) is 0 Å². The van der Waals surface area contributed by atoms with Gasteiger partial charge in [-0.25, -0.2) is 4.98 Å². The van der Waals surface area contributed by atoms with Crippen molar-refractivity contribution in [2.24, 2.45) is 5.92 Å². The van der Waals surface area contributed by atoms with Crippen LogP contribution in [0.4, 0.5) is 0 Å². The first-order valence-corrected chi connectivity index (χ1v) is 8.03. The summed E-state index contributed by atoms with van der Waals surface area (Å²) in [5.41, 5.74) is 4.19. The molecule has 1 aliphatic heterocycles. The van der Waals surface area contributed by atoms with Crippen LogP contribution in [-0.4, -0.2) is 27.9 Å². The third-order valence-corrected chi connectivity index (χ3v) is 4.35. The van der Waals surface area contributed by atoms with Crippen LogP contribution in [0.5, 0.6) is 0 Å². The summed E-state index contributed by atoms with van der Waals surface area (Å²) in [6.45, 7) is 5.63. The molecule has 2 aromatic heterocycles. The first-order chi connectivity index (χ1) is 9.86. The molecule has 0 amide bonds. The van der Waals surface area contributed by atoms with E-state index in [1.165, 1.54) is 5.56 Å². The molecule has 0 aliphatic carbocycles. The van der Waals surface area contributed by atoms with Gasteiger partial charge in [0.15, 0.2) is 0 Å². The van der Waals surface area contributed by atoms with E-state index in [2.05, 4.69) is 33.9 Å². The Kier molecular flexibility index (Phi) is 4.44. The summed E-state index contributed by atoms with van der Waals surface area (Å²) in [7, 11) is 0. The minimum absolute atomic E-state index is 0.179. The van der Waals surface area contributed by atoms with Crippen LogP contribution < -0.4 is 5.32 Å². The van der Waals surface area contributed by atoms with E-state index in [4.69, 9.17) is 4.74 Å². The number of thiazole rings is 1. The predicted octanol–water partition coefficient (Wildman–Crippen LogP) is 2.23. The fourth-order valence-corrected chi connectivity index (χ4v) is 3.18. The molecule has 3 rings (SSSR count). The van der Waals surface area contributed by atoms with Crippen molar-refractivity contribution in [3.63, 3.8) is 0 Å². The second-order valence-electron chi connectivity index (χ2n) is 5.08. The fourth-order valence-electron chi connectivity index (χ4n) is 2.62. The lowest BCUT2D eigenvalue weighted by Crippen LogP contribution is -2.24. The van der Waals surface area contributed by atoms with Crippen molar-refractivity contribution < 1.29 is 4.74 Å². The number of aryl methyl sites for hydroxylation is 1. The summed E-state index contributed by atoms with van der Waals surface area (Å²) in [5, 5.41) is 9.91. The molecule has 20 heavy (non-hydrogen) atoms. The molecule has 2 atom stereocenters. The van der Waals surface area contributed by atoms with Crippen molar-refractivity contribution >= 4 is 11.3 Å². The van der Waals surface area contributed by atoms with Crippen LogP contribution in [0.2, 0.25) is 0 Å². The quantitative estimate of drug-likeness (QED) is 0.887. The van der Waals surface area contributed by atoms with E-state index in [-0.39, 0.29) is 6.10 Å². The SMILES string of the molecule is CCn1cc([C@@H]2OCC[C@@H]2CNCc2cscn2)cn1. The number of rotatable bonds is 6. The predicted molar refractivity (Wildman–Crippen MR) is 78.5 cm³/mol. The topological polar surface area (TPSA) is 52.0 Å². The molecule has 0 bridgehead atoms. The lowest BCUT2D eigenvalue weighted by molar-refractivity contribution is 0.0903. The maximum atomic E-state index is 5.89. The van der Waals surface area contributed by atoms with Crippen LogP contribution >= 0.6 is 11.3 Å². The van der Waals surface area contributed by atoms with E-state index in [1.807, 2.05) is 16.4 Å². The van der Waals surface area contributed by atoms with E-state index >= 15 is 0 Å². The lowest BCUT2D eigenvalue weighted by atomic mass is 9.97. The highest BCUT2D eigenvalue weighted by atomic mass is 32.1. The highest BCUT2D eigenvalue weighted by molar-refractivity contribution is 7.07. The molecular weight excluding hydrogens is 272 g/mol. The summed E-state index contributed by atoms with van der Waals surface area (Å²) in [6.07, 6.45) is 5.32. The Balaban J connectivity index is 1.55. The Morgan fingerprint density at radius 1 is 1.55 bits per heavy atom. The van der Waals surface area contributed by atoms with Gasteiger partial charge in [-0.15, -0.1) is 11.3 Å². The molecule has 6 heteroatoms. The average molecular weight is 292 g/mol. The maximum absolute atomic E-state index is 5.89. The minimum atomic E-state index is 0.179. The van der Waals surface area contributed by atoms with Gasteiger partial charge in [0.1, 0.15) is 0 Å². The third kappa shape index (κ3) is 3.08. The average Bonchev–Trinajstić information content (AvgIpc) is 3.20. The monoisotopic (exact) mass is 292 g/mol.